The third-order valence-electron chi connectivity index (χ3n) is 22.9. The Morgan fingerprint density at radius 1 is 0.557 bits per heavy atom. The summed E-state index contributed by atoms with van der Waals surface area (Å²) < 4.78 is 33.1. The summed E-state index contributed by atoms with van der Waals surface area (Å²) in [6.45, 7) is 56.7. The molecule has 70 heavy (non-hydrogen) atoms. The highest BCUT2D eigenvalue weighted by Crippen LogP contribution is 2.73. The average Bonchev–Trinajstić information content (AvgIpc) is 4.00. The van der Waals surface area contributed by atoms with Crippen molar-refractivity contribution in [3.05, 3.63) is 0 Å². The van der Waals surface area contributed by atoms with Crippen LogP contribution in [-0.4, -0.2) is 83.0 Å². The molecule has 0 amide bonds. The van der Waals surface area contributed by atoms with Gasteiger partial charge in [0.05, 0.1) is 12.5 Å². The molecule has 0 aromatic rings. The summed E-state index contributed by atoms with van der Waals surface area (Å²) >= 11 is 0. The molecule has 12 atom stereocenters. The van der Waals surface area contributed by atoms with E-state index in [0.717, 1.165) is 32.5 Å². The van der Waals surface area contributed by atoms with Crippen LogP contribution < -0.4 is 0 Å². The van der Waals surface area contributed by atoms with Crippen LogP contribution in [0.3, 0.4) is 0 Å². The van der Waals surface area contributed by atoms with Gasteiger partial charge in [-0.15, -0.1) is 0 Å². The molecular weight excluding hydrogens is 933 g/mol. The summed E-state index contributed by atoms with van der Waals surface area (Å²) in [7, 11) is -7.16. The number of hydrogen-bond donors (Lipinski definition) is 1. The lowest BCUT2D eigenvalue weighted by atomic mass is 9.60. The molecule has 6 aliphatic rings. The summed E-state index contributed by atoms with van der Waals surface area (Å²) in [4.78, 5) is 13.1. The van der Waals surface area contributed by atoms with Gasteiger partial charge in [0.1, 0.15) is 0 Å². The van der Waals surface area contributed by atoms with Gasteiger partial charge in [-0.2, -0.15) is 0 Å². The maximum absolute atomic E-state index is 13.1. The number of hydrogen-bond acceptors (Lipinski definition) is 7. The molecule has 6 aliphatic carbocycles. The second-order valence-electron chi connectivity index (χ2n) is 30.9. The van der Waals surface area contributed by atoms with Crippen LogP contribution in [0.2, 0.25) is 72.5 Å². The van der Waals surface area contributed by atoms with Gasteiger partial charge in [-0.1, -0.05) is 117 Å². The molecule has 0 radical (unpaired) electrons. The fraction of sp³-hybridized carbons (Fsp3) is 0.983. The van der Waals surface area contributed by atoms with Crippen LogP contribution in [0.15, 0.2) is 0 Å². The van der Waals surface area contributed by atoms with E-state index < -0.39 is 33.3 Å². The first-order valence-electron chi connectivity index (χ1n) is 28.6. The van der Waals surface area contributed by atoms with E-state index in [9.17, 15) is 9.90 Å². The molecule has 0 aliphatic heterocycles. The third kappa shape index (κ3) is 12.4. The Kier molecular flexibility index (Phi) is 19.3. The predicted molar refractivity (Wildman–Crippen MR) is 308 cm³/mol. The van der Waals surface area contributed by atoms with Crippen LogP contribution in [0.25, 0.3) is 0 Å². The van der Waals surface area contributed by atoms with Crippen molar-refractivity contribution in [3.8, 4) is 0 Å². The van der Waals surface area contributed by atoms with Crippen LogP contribution in [-0.2, 0) is 27.2 Å². The van der Waals surface area contributed by atoms with Crippen LogP contribution in [0, 0.1) is 57.2 Å². The summed E-state index contributed by atoms with van der Waals surface area (Å²) in [6.07, 6.45) is 17.8. The van der Waals surface area contributed by atoms with Gasteiger partial charge >= 0.3 is 5.97 Å². The molecule has 0 aromatic heterocycles. The molecule has 6 unspecified atom stereocenters. The minimum Gasteiger partial charge on any atom is -0.466 e. The minimum absolute atomic E-state index is 0. The Bertz CT molecular complexity index is 1740. The van der Waals surface area contributed by atoms with Gasteiger partial charge in [-0.3, -0.25) is 4.79 Å². The minimum atomic E-state index is -1.83. The molecule has 6 fully saturated rings. The smallest absolute Gasteiger partial charge is 0.309 e. The van der Waals surface area contributed by atoms with Crippen molar-refractivity contribution in [1.29, 1.82) is 0 Å². The number of fused-ring (bicyclic) bond motifs is 2. The van der Waals surface area contributed by atoms with E-state index in [2.05, 4.69) is 149 Å². The number of ether oxygens (including phenoxy) is 1. The lowest BCUT2D eigenvalue weighted by molar-refractivity contribution is -0.146. The van der Waals surface area contributed by atoms with Crippen LogP contribution in [0.4, 0.5) is 0 Å². The molecule has 11 heteroatoms. The third-order valence-corrected chi connectivity index (χ3v) is 41.0. The monoisotopic (exact) mass is 1050 g/mol. The second kappa shape index (κ2) is 21.5. The summed E-state index contributed by atoms with van der Waals surface area (Å²) in [5.74, 6) is 3.10. The van der Waals surface area contributed by atoms with Gasteiger partial charge in [-0.25, -0.2) is 0 Å². The quantitative estimate of drug-likeness (QED) is 0.115. The molecule has 0 bridgehead atoms. The number of rotatable bonds is 17. The Morgan fingerprint density at radius 3 is 1.27 bits per heavy atom. The van der Waals surface area contributed by atoms with Gasteiger partial charge in [-0.05, 0) is 208 Å². The lowest BCUT2D eigenvalue weighted by Gasteiger charge is -2.50. The first kappa shape index (κ1) is 62.7. The fourth-order valence-electron chi connectivity index (χ4n) is 14.2. The lowest BCUT2D eigenvalue weighted by Crippen LogP contribution is -2.50. The van der Waals surface area contributed by atoms with Crippen molar-refractivity contribution in [1.82, 2.24) is 0 Å². The highest BCUT2D eigenvalue weighted by Gasteiger charge is 2.70. The topological polar surface area (TPSA) is 83.5 Å². The molecule has 412 valence electrons. The van der Waals surface area contributed by atoms with Crippen molar-refractivity contribution >= 4 is 39.2 Å². The Morgan fingerprint density at radius 2 is 0.929 bits per heavy atom. The summed E-state index contributed by atoms with van der Waals surface area (Å²) in [5, 5.41) is 11.2. The summed E-state index contributed by atoms with van der Waals surface area (Å²) in [6, 6.07) is 0. The van der Waals surface area contributed by atoms with Crippen molar-refractivity contribution in [2.45, 2.75) is 286 Å². The fourth-order valence-corrected chi connectivity index (χ4v) is 19.1. The van der Waals surface area contributed by atoms with Crippen LogP contribution >= 0.6 is 0 Å². The predicted octanol–water partition coefficient (Wildman–Crippen LogP) is 17.2. The Labute approximate surface area is 438 Å². The zero-order valence-corrected chi connectivity index (χ0v) is 53.7. The van der Waals surface area contributed by atoms with E-state index in [1.54, 1.807) is 0 Å². The van der Waals surface area contributed by atoms with Crippen molar-refractivity contribution in [2.24, 2.45) is 57.2 Å². The first-order chi connectivity index (χ1) is 31.2. The zero-order valence-electron chi connectivity index (χ0n) is 49.7. The Hall–Kier alpha value is 0.138. The standard InChI is InChI=1S/C30H58O4Si2.C28H56O3Si2.CH4/c1-13-32-26(31)23-21-30(23,19-20-33-35(9,10)27(2,3)4)25-17-16-22-24(15-14-18-29(22,25)8)34-36(11,12)28(5,6)7;1-25(2,3)32(8,9)30-18-17-28(19-21(28)20-29)24-15-14-22-23(13-12-16-27(22,24)7)31-33(10,11)26(4,5)6;/h22-25H,13-21H2,1-12H3;21-24,29H,12-20H2,1-11H3;1H4/t22?,23?,24-,25-,29-,30?;21?,22?,23-,24-,27-,28?;/m00./s1. The van der Waals surface area contributed by atoms with Crippen molar-refractivity contribution < 1.29 is 32.3 Å². The average molecular weight is 1050 g/mol. The number of aliphatic hydroxyl groups excluding tert-OH is 1. The van der Waals surface area contributed by atoms with E-state index in [1.807, 2.05) is 6.92 Å². The highest BCUT2D eigenvalue weighted by molar-refractivity contribution is 6.75. The summed E-state index contributed by atoms with van der Waals surface area (Å²) in [5.41, 5.74) is 0.923. The number of carbonyl (C=O) groups is 1. The molecule has 1 N–H and O–H groups in total. The first-order valence-corrected chi connectivity index (χ1v) is 40.3. The molecule has 0 aromatic carbocycles. The van der Waals surface area contributed by atoms with E-state index in [-0.39, 0.29) is 50.3 Å². The van der Waals surface area contributed by atoms with Gasteiger partial charge in [0.2, 0.25) is 0 Å². The van der Waals surface area contributed by atoms with Crippen molar-refractivity contribution in [2.75, 3.05) is 26.4 Å². The second-order valence-corrected chi connectivity index (χ2v) is 50.0. The molecule has 6 rings (SSSR count). The number of carbonyl (C=O) groups excluding carboxylic acids is 1. The van der Waals surface area contributed by atoms with Gasteiger partial charge in [0.25, 0.3) is 0 Å². The highest BCUT2D eigenvalue weighted by atomic mass is 28.4. The van der Waals surface area contributed by atoms with E-state index in [4.69, 9.17) is 22.4 Å². The van der Waals surface area contributed by atoms with Gasteiger partial charge < -0.3 is 27.5 Å². The molecular formula is C59H118O7Si4. The normalized spacial score (nSPS) is 36.1. The SMILES string of the molecule is C.CC(C)(C)[Si](C)(C)OCCC1([C@H]2CCC3[C@@H](O[Si](C)(C)C(C)(C)C)CCC[C@@]32C)CC1CO.CCOC(=O)C1CC1(CCO[Si](C)(C)C(C)(C)C)[C@H]1CCC2[C@@H](O[Si](C)(C)C(C)(C)C)CCC[C@@]21C. The van der Waals surface area contributed by atoms with E-state index in [1.165, 1.54) is 70.6 Å². The largest absolute Gasteiger partial charge is 0.466 e. The van der Waals surface area contributed by atoms with E-state index in [0.29, 0.717) is 65.8 Å². The molecule has 6 saturated carbocycles. The van der Waals surface area contributed by atoms with E-state index >= 15 is 0 Å². The van der Waals surface area contributed by atoms with Crippen LogP contribution in [0.5, 0.6) is 0 Å². The molecule has 0 spiro atoms. The number of esters is 1. The zero-order chi connectivity index (χ0) is 52.5. The molecule has 0 heterocycles. The molecule has 7 nitrogen and oxygen atoms in total. The Balaban J connectivity index is 0.000000301. The maximum Gasteiger partial charge on any atom is 0.309 e. The maximum atomic E-state index is 13.1. The van der Waals surface area contributed by atoms with Crippen LogP contribution in [0.1, 0.15) is 201 Å². The number of aliphatic hydroxyl groups is 1. The molecule has 0 saturated heterocycles. The van der Waals surface area contributed by atoms with Gasteiger partial charge in [0, 0.05) is 32.0 Å². The van der Waals surface area contributed by atoms with Crippen molar-refractivity contribution in [3.63, 3.8) is 0 Å². The van der Waals surface area contributed by atoms with Gasteiger partial charge in [0.15, 0.2) is 33.3 Å².